The summed E-state index contributed by atoms with van der Waals surface area (Å²) in [4.78, 5) is 18.2. The minimum Gasteiger partial charge on any atom is -0.375 e. The van der Waals surface area contributed by atoms with Gasteiger partial charge in [0.05, 0.1) is 11.1 Å². The summed E-state index contributed by atoms with van der Waals surface area (Å²) in [6, 6.07) is 9.02. The van der Waals surface area contributed by atoms with Gasteiger partial charge in [0.1, 0.15) is 5.82 Å². The van der Waals surface area contributed by atoms with Gasteiger partial charge < -0.3 is 17.6 Å². The van der Waals surface area contributed by atoms with Crippen LogP contribution >= 0.6 is 12.6 Å². The van der Waals surface area contributed by atoms with Crippen LogP contribution in [0.3, 0.4) is 0 Å². The molecule has 1 aromatic heterocycles. The number of benzene rings is 1. The zero-order valence-electron chi connectivity index (χ0n) is 19.1. The first-order valence-electron chi connectivity index (χ1n) is 9.50. The fourth-order valence-electron chi connectivity index (χ4n) is 3.33. The average Bonchev–Trinajstić information content (AvgIpc) is 2.89. The molecule has 0 spiro atoms. The number of alkyl halides is 5. The van der Waals surface area contributed by atoms with Gasteiger partial charge in [-0.05, 0) is 25.2 Å². The van der Waals surface area contributed by atoms with Gasteiger partial charge in [0.25, 0.3) is 0 Å². The molecular weight excluding hydrogens is 582 g/mol. The molecule has 0 atom stereocenters. The van der Waals surface area contributed by atoms with E-state index in [9.17, 15) is 26.7 Å². The zero-order valence-corrected chi connectivity index (χ0v) is 26.2. The van der Waals surface area contributed by atoms with E-state index < -0.39 is 30.0 Å². The number of amides is 1. The molecule has 2 aromatic rings. The molecule has 1 saturated heterocycles. The van der Waals surface area contributed by atoms with Crippen LogP contribution in [0.4, 0.5) is 33.5 Å². The first-order valence-corrected chi connectivity index (χ1v) is 10.4. The Hall–Kier alpha value is -0.308. The van der Waals surface area contributed by atoms with Crippen LogP contribution in [0.15, 0.2) is 30.5 Å². The van der Waals surface area contributed by atoms with Gasteiger partial charge in [0.2, 0.25) is 11.8 Å². The van der Waals surface area contributed by atoms with Crippen LogP contribution in [0, 0.1) is 20.4 Å². The number of nitrogens with zero attached hydrogens (tertiary/aromatic N) is 2. The number of hydrogen-bond donors (Lipinski definition) is 2. The standard InChI is InChI=1S/C20H19F5N3O.CH4S.CH3.Cs/c1-13-15(20(23,24)25)12-26-17(28-10-5-8-19(21,22)9-11-28)16(13)18(29)27-14-6-3-2-4-7-14;1-2;;/h2-3,6-7,12H,5,8-11H2,1H3,(H,27,29);2H,1H3;1H3;/q-1;;-1;+1. The number of thiol groups is 1. The molecule has 1 amide bonds. The van der Waals surface area contributed by atoms with Crippen molar-refractivity contribution in [3.8, 4) is 0 Å². The number of nitrogens with one attached hydrogen (secondary N) is 1. The van der Waals surface area contributed by atoms with Crippen LogP contribution in [0.25, 0.3) is 0 Å². The molecule has 1 aromatic carbocycles. The number of hydrogen-bond acceptors (Lipinski definition) is 4. The Kier molecular flexibility index (Phi) is 14.2. The molecule has 1 aliphatic rings. The second kappa shape index (κ2) is 14.3. The molecule has 0 saturated carbocycles. The van der Waals surface area contributed by atoms with Crippen molar-refractivity contribution >= 4 is 30.0 Å². The van der Waals surface area contributed by atoms with Crippen LogP contribution in [0.1, 0.15) is 40.7 Å². The van der Waals surface area contributed by atoms with Gasteiger partial charge >= 0.3 is 75.1 Å². The normalized spacial score (nSPS) is 15.1. The maximum atomic E-state index is 13.7. The Morgan fingerprint density at radius 1 is 1.24 bits per heavy atom. The summed E-state index contributed by atoms with van der Waals surface area (Å²) in [5, 5.41) is 2.54. The third kappa shape index (κ3) is 9.01. The summed E-state index contributed by atoms with van der Waals surface area (Å²) in [5.41, 5.74) is -1.25. The molecule has 2 heterocycles. The number of carbonyl (C=O) groups is 1. The topological polar surface area (TPSA) is 45.2 Å². The molecular formula is C22H26CsF5N3OS-. The smallest absolute Gasteiger partial charge is 0.375 e. The van der Waals surface area contributed by atoms with E-state index in [2.05, 4.69) is 29.0 Å². The maximum absolute atomic E-state index is 13.7. The summed E-state index contributed by atoms with van der Waals surface area (Å²) in [6.45, 7) is 1.25. The predicted octanol–water partition coefficient (Wildman–Crippen LogP) is 3.09. The number of anilines is 2. The Morgan fingerprint density at radius 3 is 2.48 bits per heavy atom. The van der Waals surface area contributed by atoms with Gasteiger partial charge in [-0.25, -0.2) is 13.8 Å². The third-order valence-electron chi connectivity index (χ3n) is 4.83. The van der Waals surface area contributed by atoms with E-state index in [1.807, 2.05) is 0 Å². The van der Waals surface area contributed by atoms with Crippen molar-refractivity contribution in [2.75, 3.05) is 29.6 Å². The van der Waals surface area contributed by atoms with Crippen molar-refractivity contribution in [2.45, 2.75) is 38.3 Å². The van der Waals surface area contributed by atoms with Crippen LogP contribution in [0.2, 0.25) is 0 Å². The second-order valence-electron chi connectivity index (χ2n) is 6.94. The Labute approximate surface area is 255 Å². The van der Waals surface area contributed by atoms with Crippen molar-refractivity contribution in [3.05, 3.63) is 60.6 Å². The molecule has 178 valence electrons. The van der Waals surface area contributed by atoms with E-state index in [-0.39, 0.29) is 119 Å². The van der Waals surface area contributed by atoms with Gasteiger partial charge in [-0.2, -0.15) is 50.1 Å². The SMILES string of the molecule is CS.Cc1c(C(F)(F)F)cnc(N2CCCC(F)(F)CC2)c1C(=O)Nc1c[c-]ccc1.[CH3-].[Cs+]. The fraction of sp³-hybridized carbons (Fsp3) is 0.409. The van der Waals surface area contributed by atoms with E-state index >= 15 is 0 Å². The van der Waals surface area contributed by atoms with Crippen molar-refractivity contribution in [3.63, 3.8) is 0 Å². The van der Waals surface area contributed by atoms with E-state index in [4.69, 9.17) is 0 Å². The van der Waals surface area contributed by atoms with Crippen LogP contribution in [0.5, 0.6) is 0 Å². The predicted molar refractivity (Wildman–Crippen MR) is 120 cm³/mol. The number of pyridine rings is 1. The molecule has 33 heavy (non-hydrogen) atoms. The molecule has 1 aliphatic heterocycles. The zero-order chi connectivity index (χ0) is 23.2. The summed E-state index contributed by atoms with van der Waals surface area (Å²) >= 11 is 3.53. The third-order valence-corrected chi connectivity index (χ3v) is 4.83. The molecule has 1 fully saturated rings. The van der Waals surface area contributed by atoms with Crippen LogP contribution in [-0.2, 0) is 6.18 Å². The molecule has 0 unspecified atom stereocenters. The first-order chi connectivity index (χ1) is 14.6. The quantitative estimate of drug-likeness (QED) is 0.320. The number of aromatic nitrogens is 1. The summed E-state index contributed by atoms with van der Waals surface area (Å²) < 4.78 is 67.6. The Balaban J connectivity index is 0.00000249. The monoisotopic (exact) mass is 608 g/mol. The van der Waals surface area contributed by atoms with E-state index in [0.717, 1.165) is 0 Å². The van der Waals surface area contributed by atoms with Gasteiger partial charge in [-0.3, -0.25) is 4.79 Å². The minimum atomic E-state index is -4.70. The van der Waals surface area contributed by atoms with Crippen LogP contribution in [-0.4, -0.2) is 36.2 Å². The Bertz CT molecular complexity index is 898. The van der Waals surface area contributed by atoms with Crippen molar-refractivity contribution < 1.29 is 95.6 Å². The van der Waals surface area contributed by atoms with Crippen LogP contribution < -0.4 is 79.1 Å². The number of halogens is 5. The van der Waals surface area contributed by atoms with Crippen molar-refractivity contribution in [1.82, 2.24) is 4.98 Å². The summed E-state index contributed by atoms with van der Waals surface area (Å²) in [7, 11) is 0. The van der Waals surface area contributed by atoms with E-state index in [1.165, 1.54) is 17.9 Å². The van der Waals surface area contributed by atoms with Gasteiger partial charge in [-0.15, -0.1) is 6.07 Å². The fourth-order valence-corrected chi connectivity index (χ4v) is 3.33. The minimum absolute atomic E-state index is 0. The molecule has 0 radical (unpaired) electrons. The van der Waals surface area contributed by atoms with E-state index in [1.54, 1.807) is 24.5 Å². The summed E-state index contributed by atoms with van der Waals surface area (Å²) in [5.74, 6) is -3.66. The first kappa shape index (κ1) is 32.7. The molecule has 11 heteroatoms. The van der Waals surface area contributed by atoms with E-state index in [0.29, 0.717) is 11.9 Å². The van der Waals surface area contributed by atoms with Crippen molar-refractivity contribution in [1.29, 1.82) is 0 Å². The molecule has 0 bridgehead atoms. The van der Waals surface area contributed by atoms with Gasteiger partial charge in [0.15, 0.2) is 0 Å². The summed E-state index contributed by atoms with van der Waals surface area (Å²) in [6.07, 6.45) is -2.98. The number of rotatable bonds is 3. The Morgan fingerprint density at radius 2 is 1.91 bits per heavy atom. The second-order valence-corrected chi connectivity index (χ2v) is 6.94. The van der Waals surface area contributed by atoms with Crippen molar-refractivity contribution in [2.24, 2.45) is 0 Å². The largest absolute Gasteiger partial charge is 1.00 e. The molecule has 0 aliphatic carbocycles. The maximum Gasteiger partial charge on any atom is 1.00 e. The van der Waals surface area contributed by atoms with Gasteiger partial charge in [0, 0.05) is 32.1 Å². The average molecular weight is 608 g/mol. The number of carbonyl (C=O) groups excluding carboxylic acids is 1. The molecule has 3 rings (SSSR count). The van der Waals surface area contributed by atoms with Gasteiger partial charge in [-0.1, -0.05) is 5.69 Å². The molecule has 4 nitrogen and oxygen atoms in total. The molecule has 1 N–H and O–H groups in total.